The average Bonchev–Trinajstić information content (AvgIpc) is 2.12. The van der Waals surface area contributed by atoms with Gasteiger partial charge in [0.1, 0.15) is 5.97 Å². The molecule has 1 rings (SSSR count). The van der Waals surface area contributed by atoms with Crippen molar-refractivity contribution >= 4 is 5.97 Å². The number of hydrogen-bond acceptors (Lipinski definition) is 4. The Morgan fingerprint density at radius 2 is 2.62 bits per heavy atom. The lowest BCUT2D eigenvalue weighted by Gasteiger charge is -1.89. The average molecular weight is 112 g/mol. The zero-order valence-corrected chi connectivity index (χ0v) is 3.83. The molecule has 0 aliphatic carbocycles. The second-order valence-electron chi connectivity index (χ2n) is 1.15. The molecule has 0 saturated carbocycles. The molecule has 0 bridgehead atoms. The maximum Gasteiger partial charge on any atom is 0.181 e. The van der Waals surface area contributed by atoms with Gasteiger partial charge >= 0.3 is 0 Å². The van der Waals surface area contributed by atoms with Crippen LogP contribution in [0.5, 0.6) is 0 Å². The van der Waals surface area contributed by atoms with E-state index in [1.54, 1.807) is 0 Å². The van der Waals surface area contributed by atoms with E-state index >= 15 is 0 Å². The van der Waals surface area contributed by atoms with Crippen LogP contribution in [0.3, 0.4) is 0 Å². The van der Waals surface area contributed by atoms with Crippen molar-refractivity contribution in [3.63, 3.8) is 0 Å². The van der Waals surface area contributed by atoms with Gasteiger partial charge in [-0.05, 0) is 0 Å². The number of aromatic carboxylic acids is 1. The molecule has 1 aromatic heterocycles. The van der Waals surface area contributed by atoms with Gasteiger partial charge in [0.15, 0.2) is 12.2 Å². The summed E-state index contributed by atoms with van der Waals surface area (Å²) >= 11 is 0. The van der Waals surface area contributed by atoms with Crippen molar-refractivity contribution in [2.45, 2.75) is 0 Å². The summed E-state index contributed by atoms with van der Waals surface area (Å²) in [6, 6.07) is 0. The predicted molar refractivity (Wildman–Crippen MR) is 20.8 cm³/mol. The number of nitrogens with zero attached hydrogens (tertiary/aromatic N) is 1. The Hall–Kier alpha value is -1.32. The van der Waals surface area contributed by atoms with E-state index < -0.39 is 5.97 Å². The molecule has 1 heterocycles. The molecule has 0 unspecified atom stereocenters. The third-order valence-corrected chi connectivity index (χ3v) is 0.634. The van der Waals surface area contributed by atoms with E-state index in [1.807, 2.05) is 0 Å². The van der Waals surface area contributed by atoms with Crippen LogP contribution in [-0.2, 0) is 0 Å². The zero-order chi connectivity index (χ0) is 5.98. The van der Waals surface area contributed by atoms with Crippen molar-refractivity contribution in [2.75, 3.05) is 0 Å². The Balaban J connectivity index is 2.93. The summed E-state index contributed by atoms with van der Waals surface area (Å²) in [4.78, 5) is 13.2. The van der Waals surface area contributed by atoms with E-state index in [2.05, 4.69) is 9.40 Å². The van der Waals surface area contributed by atoms with Gasteiger partial charge in [-0.15, -0.1) is 0 Å². The zero-order valence-electron chi connectivity index (χ0n) is 3.83. The first-order chi connectivity index (χ1) is 3.80. The highest BCUT2D eigenvalue weighted by molar-refractivity contribution is 5.81. The number of rotatable bonds is 1. The van der Waals surface area contributed by atoms with Crippen molar-refractivity contribution in [1.29, 1.82) is 0 Å². The summed E-state index contributed by atoms with van der Waals surface area (Å²) in [5, 5.41) is 9.82. The Bertz CT molecular complexity index is 179. The molecular formula is C4H2NO3-. The minimum Gasteiger partial charge on any atom is -0.541 e. The molecule has 0 aliphatic rings. The first kappa shape index (κ1) is 4.83. The van der Waals surface area contributed by atoms with Gasteiger partial charge < -0.3 is 14.3 Å². The lowest BCUT2D eigenvalue weighted by Crippen LogP contribution is -2.21. The van der Waals surface area contributed by atoms with Crippen LogP contribution in [0.2, 0.25) is 0 Å². The number of carbonyl (C=O) groups is 1. The minimum atomic E-state index is -1.34. The number of carbonyl (C=O) groups excluding carboxylic acids is 1. The Morgan fingerprint density at radius 1 is 1.88 bits per heavy atom. The van der Waals surface area contributed by atoms with Crippen molar-refractivity contribution in [3.8, 4) is 0 Å². The van der Waals surface area contributed by atoms with E-state index in [9.17, 15) is 9.90 Å². The van der Waals surface area contributed by atoms with Crippen LogP contribution < -0.4 is 5.11 Å². The fourth-order valence-electron chi connectivity index (χ4n) is 0.317. The Labute approximate surface area is 44.8 Å². The maximum absolute atomic E-state index is 9.82. The van der Waals surface area contributed by atoms with E-state index in [0.29, 0.717) is 0 Å². The van der Waals surface area contributed by atoms with Gasteiger partial charge in [-0.25, -0.2) is 4.98 Å². The fourth-order valence-corrected chi connectivity index (χ4v) is 0.317. The second-order valence-corrected chi connectivity index (χ2v) is 1.15. The molecule has 4 heteroatoms. The van der Waals surface area contributed by atoms with Crippen LogP contribution in [-0.4, -0.2) is 11.0 Å². The maximum atomic E-state index is 9.82. The van der Waals surface area contributed by atoms with Crippen molar-refractivity contribution < 1.29 is 14.3 Å². The van der Waals surface area contributed by atoms with Crippen LogP contribution in [0.15, 0.2) is 17.0 Å². The summed E-state index contributed by atoms with van der Waals surface area (Å²) < 4.78 is 4.32. The molecule has 0 spiro atoms. The molecule has 42 valence electrons. The number of carboxylic acids is 1. The number of aromatic nitrogens is 1. The van der Waals surface area contributed by atoms with Crippen LogP contribution >= 0.6 is 0 Å². The molecule has 0 aromatic carbocycles. The third kappa shape index (κ3) is 0.676. The van der Waals surface area contributed by atoms with Gasteiger partial charge in [0.05, 0.1) is 6.20 Å². The van der Waals surface area contributed by atoms with Crippen molar-refractivity contribution in [2.24, 2.45) is 0 Å². The monoisotopic (exact) mass is 112 g/mol. The highest BCUT2D eigenvalue weighted by Crippen LogP contribution is 1.91. The smallest absolute Gasteiger partial charge is 0.181 e. The largest absolute Gasteiger partial charge is 0.541 e. The van der Waals surface area contributed by atoms with Gasteiger partial charge in [-0.1, -0.05) is 0 Å². The second kappa shape index (κ2) is 1.65. The van der Waals surface area contributed by atoms with Gasteiger partial charge in [-0.2, -0.15) is 0 Å². The third-order valence-electron chi connectivity index (χ3n) is 0.634. The molecule has 0 fully saturated rings. The number of hydrogen-bond donors (Lipinski definition) is 0. The summed E-state index contributed by atoms with van der Waals surface area (Å²) in [7, 11) is 0. The fraction of sp³-hybridized carbons (Fsp3) is 0. The minimum absolute atomic E-state index is 0.245. The van der Waals surface area contributed by atoms with Crippen LogP contribution in [0.25, 0.3) is 0 Å². The summed E-state index contributed by atoms with van der Waals surface area (Å²) in [5.41, 5.74) is 0. The van der Waals surface area contributed by atoms with E-state index in [-0.39, 0.29) is 5.76 Å². The molecule has 0 atom stereocenters. The number of carboxylic acid groups (broad SMARTS) is 1. The van der Waals surface area contributed by atoms with E-state index in [4.69, 9.17) is 0 Å². The molecule has 4 nitrogen and oxygen atoms in total. The molecule has 8 heavy (non-hydrogen) atoms. The lowest BCUT2D eigenvalue weighted by atomic mass is 10.5. The van der Waals surface area contributed by atoms with Gasteiger partial charge in [0.2, 0.25) is 0 Å². The van der Waals surface area contributed by atoms with Gasteiger partial charge in [0.25, 0.3) is 0 Å². The molecule has 0 saturated heterocycles. The summed E-state index contributed by atoms with van der Waals surface area (Å²) in [5.74, 6) is -1.59. The van der Waals surface area contributed by atoms with Crippen LogP contribution in [0.4, 0.5) is 0 Å². The van der Waals surface area contributed by atoms with Gasteiger partial charge in [-0.3, -0.25) is 0 Å². The highest BCUT2D eigenvalue weighted by atomic mass is 16.4. The molecule has 0 aliphatic heterocycles. The topological polar surface area (TPSA) is 66.2 Å². The molecule has 1 aromatic rings. The number of oxazole rings is 1. The quantitative estimate of drug-likeness (QED) is 0.469. The van der Waals surface area contributed by atoms with Crippen LogP contribution in [0, 0.1) is 0 Å². The predicted octanol–water partition coefficient (Wildman–Crippen LogP) is -0.962. The SMILES string of the molecule is O=C([O-])c1cnco1. The van der Waals surface area contributed by atoms with E-state index in [0.717, 1.165) is 12.6 Å². The summed E-state index contributed by atoms with van der Waals surface area (Å²) in [6.45, 7) is 0. The van der Waals surface area contributed by atoms with Gasteiger partial charge in [0, 0.05) is 0 Å². The highest BCUT2D eigenvalue weighted by Gasteiger charge is 1.92. The first-order valence-corrected chi connectivity index (χ1v) is 1.90. The van der Waals surface area contributed by atoms with E-state index in [1.165, 1.54) is 0 Å². The molecule has 0 N–H and O–H groups in total. The van der Waals surface area contributed by atoms with Crippen LogP contribution in [0.1, 0.15) is 10.6 Å². The standard InChI is InChI=1S/C4H3NO3/c6-4(7)3-1-5-2-8-3/h1-2H,(H,6,7)/p-1. The Morgan fingerprint density at radius 3 is 2.88 bits per heavy atom. The summed E-state index contributed by atoms with van der Waals surface area (Å²) in [6.07, 6.45) is 2.11. The van der Waals surface area contributed by atoms with Crippen molar-refractivity contribution in [1.82, 2.24) is 4.98 Å². The lowest BCUT2D eigenvalue weighted by molar-refractivity contribution is -0.257. The Kier molecular flexibility index (Phi) is 0.997. The molecule has 0 radical (unpaired) electrons. The molecular weight excluding hydrogens is 110 g/mol. The normalized spacial score (nSPS) is 9.00. The molecule has 0 amide bonds. The first-order valence-electron chi connectivity index (χ1n) is 1.90. The van der Waals surface area contributed by atoms with Crippen molar-refractivity contribution in [3.05, 3.63) is 18.4 Å².